The highest BCUT2D eigenvalue weighted by atomic mass is 19.4. The molecule has 1 aliphatic rings. The van der Waals surface area contributed by atoms with Crippen LogP contribution in [0, 0.1) is 5.92 Å². The lowest BCUT2D eigenvalue weighted by Crippen LogP contribution is -2.06. The second-order valence-electron chi connectivity index (χ2n) is 5.00. The van der Waals surface area contributed by atoms with Crippen LogP contribution in [0.2, 0.25) is 0 Å². The molecule has 1 aromatic carbocycles. The van der Waals surface area contributed by atoms with E-state index in [1.807, 2.05) is 0 Å². The molecule has 1 aliphatic carbocycles. The fourth-order valence-electron chi connectivity index (χ4n) is 1.97. The fourth-order valence-corrected chi connectivity index (χ4v) is 1.97. The number of anilines is 1. The van der Waals surface area contributed by atoms with Crippen molar-refractivity contribution in [2.75, 3.05) is 5.73 Å². The lowest BCUT2D eigenvalue weighted by atomic mass is 10.1. The molecular formula is C13H12F3N3O. The highest BCUT2D eigenvalue weighted by Crippen LogP contribution is 2.35. The smallest absolute Gasteiger partial charge is 0.399 e. The molecule has 0 bridgehead atoms. The molecule has 3 rings (SSSR count). The zero-order valence-electron chi connectivity index (χ0n) is 10.4. The first-order chi connectivity index (χ1) is 9.41. The number of nitrogens with two attached hydrogens (primary N) is 1. The van der Waals surface area contributed by atoms with Crippen molar-refractivity contribution in [1.29, 1.82) is 0 Å². The summed E-state index contributed by atoms with van der Waals surface area (Å²) in [5.41, 5.74) is 4.87. The average molecular weight is 283 g/mol. The molecule has 106 valence electrons. The van der Waals surface area contributed by atoms with E-state index in [-0.39, 0.29) is 17.1 Å². The lowest BCUT2D eigenvalue weighted by molar-refractivity contribution is -0.137. The van der Waals surface area contributed by atoms with E-state index in [0.29, 0.717) is 18.2 Å². The maximum Gasteiger partial charge on any atom is 0.416 e. The summed E-state index contributed by atoms with van der Waals surface area (Å²) in [6.07, 6.45) is -1.47. The Labute approximate surface area is 112 Å². The summed E-state index contributed by atoms with van der Waals surface area (Å²) < 4.78 is 43.2. The molecule has 0 radical (unpaired) electrons. The van der Waals surface area contributed by atoms with E-state index in [1.54, 1.807) is 0 Å². The van der Waals surface area contributed by atoms with Gasteiger partial charge in [0.1, 0.15) is 0 Å². The van der Waals surface area contributed by atoms with Gasteiger partial charge in [0.15, 0.2) is 5.82 Å². The van der Waals surface area contributed by atoms with E-state index in [4.69, 9.17) is 10.3 Å². The summed E-state index contributed by atoms with van der Waals surface area (Å²) in [5, 5.41) is 3.79. The number of nitrogen functional groups attached to an aromatic ring is 1. The first-order valence-electron chi connectivity index (χ1n) is 6.22. The van der Waals surface area contributed by atoms with Gasteiger partial charge in [-0.1, -0.05) is 5.16 Å². The molecule has 20 heavy (non-hydrogen) atoms. The maximum absolute atomic E-state index is 12.7. The van der Waals surface area contributed by atoms with E-state index < -0.39 is 11.7 Å². The predicted octanol–water partition coefficient (Wildman–Crippen LogP) is 3.29. The van der Waals surface area contributed by atoms with E-state index in [1.165, 1.54) is 6.07 Å². The van der Waals surface area contributed by atoms with Gasteiger partial charge < -0.3 is 10.3 Å². The molecule has 4 nitrogen and oxygen atoms in total. The predicted molar refractivity (Wildman–Crippen MR) is 65.6 cm³/mol. The highest BCUT2D eigenvalue weighted by Gasteiger charge is 2.31. The number of hydrogen-bond acceptors (Lipinski definition) is 4. The number of rotatable bonds is 3. The molecule has 1 aromatic heterocycles. The first kappa shape index (κ1) is 13.0. The third-order valence-corrected chi connectivity index (χ3v) is 3.17. The SMILES string of the molecule is Nc1cc(-c2nc(CC3CC3)no2)cc(C(F)(F)F)c1. The van der Waals surface area contributed by atoms with Gasteiger partial charge in [-0.15, -0.1) is 0 Å². The van der Waals surface area contributed by atoms with Gasteiger partial charge in [0.05, 0.1) is 5.56 Å². The van der Waals surface area contributed by atoms with Gasteiger partial charge in [0, 0.05) is 17.7 Å². The summed E-state index contributed by atoms with van der Waals surface area (Å²) >= 11 is 0. The second-order valence-corrected chi connectivity index (χ2v) is 5.00. The van der Waals surface area contributed by atoms with Gasteiger partial charge in [-0.05, 0) is 37.0 Å². The van der Waals surface area contributed by atoms with Crippen LogP contribution in [-0.4, -0.2) is 10.1 Å². The summed E-state index contributed by atoms with van der Waals surface area (Å²) in [6, 6.07) is 3.24. The Bertz CT molecular complexity index is 632. The first-order valence-corrected chi connectivity index (χ1v) is 6.22. The monoisotopic (exact) mass is 283 g/mol. The summed E-state index contributed by atoms with van der Waals surface area (Å²) in [4.78, 5) is 4.12. The molecule has 1 fully saturated rings. The van der Waals surface area contributed by atoms with Crippen molar-refractivity contribution < 1.29 is 17.7 Å². The van der Waals surface area contributed by atoms with Gasteiger partial charge in [-0.3, -0.25) is 0 Å². The molecule has 1 heterocycles. The number of hydrogen-bond donors (Lipinski definition) is 1. The van der Waals surface area contributed by atoms with Crippen LogP contribution < -0.4 is 5.73 Å². The average Bonchev–Trinajstić information content (AvgIpc) is 3.03. The number of halogens is 3. The zero-order chi connectivity index (χ0) is 14.3. The molecule has 2 aromatic rings. The lowest BCUT2D eigenvalue weighted by Gasteiger charge is -2.08. The minimum absolute atomic E-state index is 0.0109. The molecular weight excluding hydrogens is 271 g/mol. The highest BCUT2D eigenvalue weighted by molar-refractivity contribution is 5.62. The third-order valence-electron chi connectivity index (χ3n) is 3.17. The Morgan fingerprint density at radius 3 is 2.65 bits per heavy atom. The van der Waals surface area contributed by atoms with Crippen LogP contribution in [0.3, 0.4) is 0 Å². The molecule has 0 spiro atoms. The zero-order valence-corrected chi connectivity index (χ0v) is 10.4. The van der Waals surface area contributed by atoms with Crippen molar-refractivity contribution in [2.45, 2.75) is 25.4 Å². The Balaban J connectivity index is 1.92. The minimum atomic E-state index is -4.46. The van der Waals surface area contributed by atoms with E-state index in [9.17, 15) is 13.2 Å². The normalized spacial score (nSPS) is 15.6. The van der Waals surface area contributed by atoms with Crippen LogP contribution in [0.1, 0.15) is 24.2 Å². The summed E-state index contributed by atoms with van der Waals surface area (Å²) in [6.45, 7) is 0. The van der Waals surface area contributed by atoms with Crippen LogP contribution in [0.25, 0.3) is 11.5 Å². The molecule has 0 aliphatic heterocycles. The molecule has 0 atom stereocenters. The quantitative estimate of drug-likeness (QED) is 0.878. The Morgan fingerprint density at radius 1 is 1.25 bits per heavy atom. The van der Waals surface area contributed by atoms with Crippen molar-refractivity contribution in [1.82, 2.24) is 10.1 Å². The number of aromatic nitrogens is 2. The number of alkyl halides is 3. The van der Waals surface area contributed by atoms with Gasteiger partial charge in [0.25, 0.3) is 5.89 Å². The van der Waals surface area contributed by atoms with Gasteiger partial charge in [0.2, 0.25) is 0 Å². The van der Waals surface area contributed by atoms with E-state index in [2.05, 4.69) is 10.1 Å². The van der Waals surface area contributed by atoms with Crippen molar-refractivity contribution in [3.05, 3.63) is 29.6 Å². The second kappa shape index (κ2) is 4.50. The topological polar surface area (TPSA) is 64.9 Å². The van der Waals surface area contributed by atoms with Gasteiger partial charge in [-0.25, -0.2) is 0 Å². The van der Waals surface area contributed by atoms with Crippen LogP contribution >= 0.6 is 0 Å². The summed E-state index contributed by atoms with van der Waals surface area (Å²) in [5.74, 6) is 1.17. The summed E-state index contributed by atoms with van der Waals surface area (Å²) in [7, 11) is 0. The van der Waals surface area contributed by atoms with Crippen LogP contribution in [0.4, 0.5) is 18.9 Å². The van der Waals surface area contributed by atoms with Crippen molar-refractivity contribution >= 4 is 5.69 Å². The molecule has 1 saturated carbocycles. The van der Waals surface area contributed by atoms with Crippen molar-refractivity contribution in [3.8, 4) is 11.5 Å². The standard InChI is InChI=1S/C13H12F3N3O/c14-13(15,16)9-4-8(5-10(17)6-9)12-18-11(19-20-12)3-7-1-2-7/h4-7H,1-3,17H2. The minimum Gasteiger partial charge on any atom is -0.399 e. The molecule has 2 N–H and O–H groups in total. The van der Waals surface area contributed by atoms with Crippen LogP contribution in [0.5, 0.6) is 0 Å². The van der Waals surface area contributed by atoms with E-state index >= 15 is 0 Å². The maximum atomic E-state index is 12.7. The Kier molecular flexibility index (Phi) is 2.92. The van der Waals surface area contributed by atoms with Gasteiger partial charge in [-0.2, -0.15) is 18.2 Å². The van der Waals surface area contributed by atoms with Gasteiger partial charge >= 0.3 is 6.18 Å². The van der Waals surface area contributed by atoms with E-state index in [0.717, 1.165) is 25.0 Å². The van der Waals surface area contributed by atoms with Crippen molar-refractivity contribution in [3.63, 3.8) is 0 Å². The molecule has 0 amide bonds. The number of nitrogens with zero attached hydrogens (tertiary/aromatic N) is 2. The fraction of sp³-hybridized carbons (Fsp3) is 0.385. The van der Waals surface area contributed by atoms with Crippen LogP contribution in [0.15, 0.2) is 22.7 Å². The van der Waals surface area contributed by atoms with Crippen LogP contribution in [-0.2, 0) is 12.6 Å². The number of benzene rings is 1. The Hall–Kier alpha value is -2.05. The third kappa shape index (κ3) is 2.76. The molecule has 0 unspecified atom stereocenters. The van der Waals surface area contributed by atoms with Crippen molar-refractivity contribution in [2.24, 2.45) is 5.92 Å². The molecule has 7 heteroatoms. The Morgan fingerprint density at radius 2 is 2.00 bits per heavy atom. The molecule has 0 saturated heterocycles. The largest absolute Gasteiger partial charge is 0.416 e.